The number of aromatic nitrogens is 1. The molecule has 6 rings (SSSR count). The molecular formula is C31H20N2O5S. The summed E-state index contributed by atoms with van der Waals surface area (Å²) >= 11 is 1.39. The summed E-state index contributed by atoms with van der Waals surface area (Å²) in [4.78, 5) is 38.4. The van der Waals surface area contributed by atoms with Crippen molar-refractivity contribution in [1.29, 1.82) is 0 Å². The first kappa shape index (κ1) is 24.3. The van der Waals surface area contributed by atoms with Crippen LogP contribution in [0.3, 0.4) is 0 Å². The third kappa shape index (κ3) is 4.69. The van der Waals surface area contributed by atoms with Crippen LogP contribution in [0.2, 0.25) is 0 Å². The molecule has 0 unspecified atom stereocenters. The van der Waals surface area contributed by atoms with Gasteiger partial charge in [-0.3, -0.25) is 9.59 Å². The lowest BCUT2D eigenvalue weighted by atomic mass is 9.95. The first-order valence-corrected chi connectivity index (χ1v) is 12.9. The molecule has 2 heterocycles. The Morgan fingerprint density at radius 1 is 0.846 bits per heavy atom. The minimum Gasteiger partial charge on any atom is -0.478 e. The molecule has 39 heavy (non-hydrogen) atoms. The number of rotatable bonds is 7. The Labute approximate surface area is 226 Å². The lowest BCUT2D eigenvalue weighted by Gasteiger charge is -2.11. The molecular weight excluding hydrogens is 512 g/mol. The zero-order valence-corrected chi connectivity index (χ0v) is 21.2. The summed E-state index contributed by atoms with van der Waals surface area (Å²) in [5.74, 6) is -1.53. The molecule has 6 aromatic rings. The maximum atomic E-state index is 13.7. The molecule has 0 fully saturated rings. The maximum Gasteiger partial charge on any atom is 0.335 e. The number of benzene rings is 4. The molecule has 2 aromatic heterocycles. The summed E-state index contributed by atoms with van der Waals surface area (Å²) in [6.45, 7) is 0.190. The minimum absolute atomic E-state index is 0.164. The van der Waals surface area contributed by atoms with Crippen LogP contribution in [0.15, 0.2) is 101 Å². The van der Waals surface area contributed by atoms with Crippen LogP contribution in [0.5, 0.6) is 0 Å². The largest absolute Gasteiger partial charge is 0.478 e. The summed E-state index contributed by atoms with van der Waals surface area (Å²) in [7, 11) is 0. The fourth-order valence-electron chi connectivity index (χ4n) is 4.56. The maximum absolute atomic E-state index is 13.7. The van der Waals surface area contributed by atoms with Gasteiger partial charge in [0.1, 0.15) is 6.26 Å². The number of aromatic carboxylic acids is 1. The van der Waals surface area contributed by atoms with Crippen LogP contribution in [0.25, 0.3) is 32.0 Å². The smallest absolute Gasteiger partial charge is 0.335 e. The monoisotopic (exact) mass is 532 g/mol. The molecule has 0 aliphatic heterocycles. The molecule has 0 spiro atoms. The summed E-state index contributed by atoms with van der Waals surface area (Å²) in [6, 6.07) is 23.4. The minimum atomic E-state index is -1.01. The Bertz CT molecular complexity index is 1870. The van der Waals surface area contributed by atoms with E-state index in [1.165, 1.54) is 29.7 Å². The number of hydrogen-bond donors (Lipinski definition) is 2. The van der Waals surface area contributed by atoms with Gasteiger partial charge in [-0.1, -0.05) is 53.7 Å². The highest BCUT2D eigenvalue weighted by atomic mass is 32.1. The average molecular weight is 533 g/mol. The van der Waals surface area contributed by atoms with Crippen molar-refractivity contribution in [3.63, 3.8) is 0 Å². The molecule has 0 radical (unpaired) electrons. The van der Waals surface area contributed by atoms with Gasteiger partial charge in [-0.25, -0.2) is 4.79 Å². The van der Waals surface area contributed by atoms with Gasteiger partial charge in [0.2, 0.25) is 0 Å². The number of carbonyl (C=O) groups excluding carboxylic acids is 2. The van der Waals surface area contributed by atoms with E-state index in [0.29, 0.717) is 27.6 Å². The predicted molar refractivity (Wildman–Crippen MR) is 149 cm³/mol. The number of nitrogens with zero attached hydrogens (tertiary/aromatic N) is 1. The van der Waals surface area contributed by atoms with E-state index < -0.39 is 5.97 Å². The van der Waals surface area contributed by atoms with Gasteiger partial charge in [0, 0.05) is 44.3 Å². The number of ketones is 1. The van der Waals surface area contributed by atoms with Crippen LogP contribution in [-0.4, -0.2) is 27.9 Å². The molecule has 1 amide bonds. The molecule has 0 saturated heterocycles. The van der Waals surface area contributed by atoms with Gasteiger partial charge in [0.15, 0.2) is 5.78 Å². The van der Waals surface area contributed by atoms with Crippen molar-refractivity contribution in [2.75, 3.05) is 0 Å². The second kappa shape index (κ2) is 10.00. The van der Waals surface area contributed by atoms with Crippen LogP contribution >= 0.6 is 11.3 Å². The van der Waals surface area contributed by atoms with Crippen molar-refractivity contribution in [3.05, 3.63) is 125 Å². The predicted octanol–water partition coefficient (Wildman–Crippen LogP) is 6.57. The third-order valence-electron chi connectivity index (χ3n) is 6.60. The van der Waals surface area contributed by atoms with E-state index in [4.69, 9.17) is 9.63 Å². The fourth-order valence-corrected chi connectivity index (χ4v) is 5.56. The first-order chi connectivity index (χ1) is 19.0. The molecule has 190 valence electrons. The number of carboxylic acids is 1. The Hall–Kier alpha value is -5.08. The van der Waals surface area contributed by atoms with Crippen LogP contribution < -0.4 is 5.32 Å². The summed E-state index contributed by atoms with van der Waals surface area (Å²) in [5, 5.41) is 20.2. The second-order valence-electron chi connectivity index (χ2n) is 9.04. The zero-order valence-electron chi connectivity index (χ0n) is 20.4. The van der Waals surface area contributed by atoms with Crippen molar-refractivity contribution in [3.8, 4) is 11.1 Å². The molecule has 7 nitrogen and oxygen atoms in total. The molecule has 2 N–H and O–H groups in total. The Kier molecular flexibility index (Phi) is 6.22. The fraction of sp³-hybridized carbons (Fsp3) is 0.0323. The van der Waals surface area contributed by atoms with Gasteiger partial charge in [-0.2, -0.15) is 0 Å². The van der Waals surface area contributed by atoms with E-state index in [9.17, 15) is 14.4 Å². The summed E-state index contributed by atoms with van der Waals surface area (Å²) in [6.07, 6.45) is 3.07. The van der Waals surface area contributed by atoms with Crippen molar-refractivity contribution in [2.24, 2.45) is 0 Å². The van der Waals surface area contributed by atoms with E-state index in [-0.39, 0.29) is 23.8 Å². The van der Waals surface area contributed by atoms with E-state index in [0.717, 1.165) is 26.6 Å². The van der Waals surface area contributed by atoms with E-state index in [1.54, 1.807) is 35.8 Å². The van der Waals surface area contributed by atoms with Gasteiger partial charge in [-0.15, -0.1) is 11.3 Å². The van der Waals surface area contributed by atoms with Crippen molar-refractivity contribution < 1.29 is 24.0 Å². The molecule has 8 heteroatoms. The van der Waals surface area contributed by atoms with Gasteiger partial charge >= 0.3 is 5.97 Å². The van der Waals surface area contributed by atoms with E-state index >= 15 is 0 Å². The van der Waals surface area contributed by atoms with Crippen LogP contribution in [0, 0.1) is 0 Å². The third-order valence-corrected chi connectivity index (χ3v) is 7.53. The highest BCUT2D eigenvalue weighted by molar-refractivity contribution is 7.17. The topological polar surface area (TPSA) is 110 Å². The molecule has 0 saturated carbocycles. The van der Waals surface area contributed by atoms with Gasteiger partial charge < -0.3 is 14.9 Å². The number of nitrogens with one attached hydrogen (secondary N) is 1. The zero-order chi connectivity index (χ0) is 26.9. The average Bonchev–Trinajstić information content (AvgIpc) is 3.66. The van der Waals surface area contributed by atoms with Gasteiger partial charge in [0.25, 0.3) is 5.91 Å². The van der Waals surface area contributed by atoms with Crippen LogP contribution in [0.4, 0.5) is 0 Å². The number of carboxylic acid groups (broad SMARTS) is 1. The van der Waals surface area contributed by atoms with Crippen LogP contribution in [-0.2, 0) is 6.54 Å². The summed E-state index contributed by atoms with van der Waals surface area (Å²) < 4.78 is 5.79. The normalized spacial score (nSPS) is 11.1. The van der Waals surface area contributed by atoms with Gasteiger partial charge in [0.05, 0.1) is 11.8 Å². The second-order valence-corrected chi connectivity index (χ2v) is 9.95. The highest BCUT2D eigenvalue weighted by Crippen LogP contribution is 2.35. The van der Waals surface area contributed by atoms with E-state index in [1.807, 2.05) is 42.5 Å². The first-order valence-electron chi connectivity index (χ1n) is 12.1. The Morgan fingerprint density at radius 2 is 1.62 bits per heavy atom. The molecule has 0 atom stereocenters. The van der Waals surface area contributed by atoms with Crippen LogP contribution in [0.1, 0.15) is 42.2 Å². The Morgan fingerprint density at radius 3 is 2.36 bits per heavy atom. The molecule has 0 aliphatic carbocycles. The lowest BCUT2D eigenvalue weighted by molar-refractivity contribution is 0.0696. The lowest BCUT2D eigenvalue weighted by Crippen LogP contribution is -2.23. The van der Waals surface area contributed by atoms with E-state index in [2.05, 4.69) is 10.5 Å². The SMILES string of the molecule is O=C(O)c1ccc(CNC(=O)c2cc(-c3cnoc3)cc3scc(C(=O)c4ccc5ccccc5c4)c23)cc1. The highest BCUT2D eigenvalue weighted by Gasteiger charge is 2.22. The number of hydrogen-bond acceptors (Lipinski definition) is 6. The quantitative estimate of drug-likeness (QED) is 0.225. The number of carbonyl (C=O) groups is 3. The standard InChI is InChI=1S/C31H20N2O5S/c34-29(22-10-9-19-3-1-2-4-21(19)11-22)26-17-39-27-13-23(24-15-33-38-16-24)12-25(28(26)27)30(35)32-14-18-5-7-20(8-6-18)31(36)37/h1-13,15-17H,14H2,(H,32,35)(H,36,37). The number of thiophene rings is 1. The summed E-state index contributed by atoms with van der Waals surface area (Å²) in [5.41, 5.74) is 3.73. The molecule has 0 bridgehead atoms. The van der Waals surface area contributed by atoms with Crippen molar-refractivity contribution in [1.82, 2.24) is 10.5 Å². The molecule has 4 aromatic carbocycles. The van der Waals surface area contributed by atoms with Crippen molar-refractivity contribution in [2.45, 2.75) is 6.54 Å². The van der Waals surface area contributed by atoms with Gasteiger partial charge in [-0.05, 0) is 52.2 Å². The van der Waals surface area contributed by atoms with Crippen molar-refractivity contribution >= 4 is 49.9 Å². The Balaban J connectivity index is 1.39. The number of amides is 1. The molecule has 0 aliphatic rings. The number of fused-ring (bicyclic) bond motifs is 2.